The van der Waals surface area contributed by atoms with Crippen LogP contribution < -0.4 is 11.1 Å². The van der Waals surface area contributed by atoms with Gasteiger partial charge in [0, 0.05) is 40.4 Å². The number of carbonyl (C=O) groups is 1. The second kappa shape index (κ2) is 5.64. The first-order chi connectivity index (χ1) is 8.16. The molecule has 3 N–H and O–H groups in total. The lowest BCUT2D eigenvalue weighted by Crippen LogP contribution is -2.30. The Morgan fingerprint density at radius 2 is 2.35 bits per heavy atom. The van der Waals surface area contributed by atoms with E-state index in [1.807, 2.05) is 23.1 Å². The predicted octanol–water partition coefficient (Wildman–Crippen LogP) is 2.15. The molecule has 4 nitrogen and oxygen atoms in total. The number of nitrogens with zero attached hydrogens (tertiary/aromatic N) is 1. The second-order valence-electron chi connectivity index (χ2n) is 3.75. The maximum Gasteiger partial charge on any atom is 0.317 e. The van der Waals surface area contributed by atoms with Gasteiger partial charge >= 0.3 is 6.03 Å². The van der Waals surface area contributed by atoms with Crippen LogP contribution in [0.1, 0.15) is 0 Å². The molecule has 1 saturated heterocycles. The summed E-state index contributed by atoms with van der Waals surface area (Å²) < 4.78 is 1.02. The van der Waals surface area contributed by atoms with Crippen LogP contribution in [0.15, 0.2) is 27.6 Å². The third kappa shape index (κ3) is 3.29. The summed E-state index contributed by atoms with van der Waals surface area (Å²) in [4.78, 5) is 14.2. The number of amides is 2. The van der Waals surface area contributed by atoms with Gasteiger partial charge in [0.2, 0.25) is 0 Å². The molecule has 0 spiro atoms. The van der Waals surface area contributed by atoms with Crippen molar-refractivity contribution in [2.24, 2.45) is 0 Å². The zero-order valence-corrected chi connectivity index (χ0v) is 11.7. The van der Waals surface area contributed by atoms with Crippen molar-refractivity contribution in [2.45, 2.75) is 4.90 Å². The van der Waals surface area contributed by atoms with E-state index in [0.29, 0.717) is 0 Å². The first-order valence-electron chi connectivity index (χ1n) is 5.37. The van der Waals surface area contributed by atoms with Crippen molar-refractivity contribution in [3.8, 4) is 0 Å². The van der Waals surface area contributed by atoms with Gasteiger partial charge < -0.3 is 16.0 Å². The Morgan fingerprint density at radius 3 is 3.06 bits per heavy atom. The van der Waals surface area contributed by atoms with Gasteiger partial charge in [-0.25, -0.2) is 4.79 Å². The number of anilines is 1. The molecule has 0 unspecified atom stereocenters. The van der Waals surface area contributed by atoms with E-state index in [0.717, 1.165) is 40.4 Å². The molecule has 1 aliphatic heterocycles. The van der Waals surface area contributed by atoms with Crippen LogP contribution in [-0.4, -0.2) is 36.3 Å². The van der Waals surface area contributed by atoms with E-state index in [1.54, 1.807) is 11.8 Å². The molecule has 1 aromatic carbocycles. The van der Waals surface area contributed by atoms with Gasteiger partial charge in [0.25, 0.3) is 0 Å². The predicted molar refractivity (Wildman–Crippen MR) is 74.3 cm³/mol. The molecule has 0 saturated carbocycles. The number of urea groups is 1. The number of halogens is 1. The van der Waals surface area contributed by atoms with E-state index in [2.05, 4.69) is 21.2 Å². The molecule has 1 heterocycles. The second-order valence-corrected chi connectivity index (χ2v) is 5.80. The smallest absolute Gasteiger partial charge is 0.317 e. The Balaban J connectivity index is 1.85. The van der Waals surface area contributed by atoms with Crippen molar-refractivity contribution in [1.29, 1.82) is 0 Å². The summed E-state index contributed by atoms with van der Waals surface area (Å²) in [5.74, 6) is 0.855. The maximum atomic E-state index is 11.3. The summed E-state index contributed by atoms with van der Waals surface area (Å²) in [5.41, 5.74) is 6.66. The summed E-state index contributed by atoms with van der Waals surface area (Å²) in [6, 6.07) is 5.85. The molecule has 92 valence electrons. The number of rotatable bonds is 4. The van der Waals surface area contributed by atoms with Crippen molar-refractivity contribution in [3.05, 3.63) is 22.7 Å². The fourth-order valence-electron chi connectivity index (χ4n) is 1.62. The third-order valence-electron chi connectivity index (χ3n) is 2.54. The first kappa shape index (κ1) is 12.6. The van der Waals surface area contributed by atoms with Gasteiger partial charge in [-0.3, -0.25) is 0 Å². The number of carbonyl (C=O) groups excluding carboxylic acids is 1. The van der Waals surface area contributed by atoms with E-state index in [4.69, 9.17) is 5.73 Å². The summed E-state index contributed by atoms with van der Waals surface area (Å²) >= 11 is 5.09. The van der Waals surface area contributed by atoms with Gasteiger partial charge in [0.05, 0.1) is 0 Å². The highest BCUT2D eigenvalue weighted by atomic mass is 79.9. The van der Waals surface area contributed by atoms with Crippen molar-refractivity contribution in [3.63, 3.8) is 0 Å². The summed E-state index contributed by atoms with van der Waals surface area (Å²) in [6.45, 7) is 2.30. The molecule has 2 amide bonds. The molecule has 0 aliphatic carbocycles. The number of nitrogen functional groups attached to an aromatic ring is 1. The van der Waals surface area contributed by atoms with E-state index < -0.39 is 0 Å². The number of thioether (sulfide) groups is 1. The monoisotopic (exact) mass is 315 g/mol. The van der Waals surface area contributed by atoms with Gasteiger partial charge in [0.15, 0.2) is 0 Å². The van der Waals surface area contributed by atoms with Crippen LogP contribution in [0.25, 0.3) is 0 Å². The molecule has 0 radical (unpaired) electrons. The van der Waals surface area contributed by atoms with Gasteiger partial charge in [-0.1, -0.05) is 15.9 Å². The fourth-order valence-corrected chi connectivity index (χ4v) is 3.11. The van der Waals surface area contributed by atoms with Crippen LogP contribution in [-0.2, 0) is 0 Å². The van der Waals surface area contributed by atoms with Gasteiger partial charge in [-0.15, -0.1) is 11.8 Å². The molecular weight excluding hydrogens is 302 g/mol. The van der Waals surface area contributed by atoms with E-state index in [9.17, 15) is 4.79 Å². The van der Waals surface area contributed by atoms with Gasteiger partial charge in [0.1, 0.15) is 0 Å². The minimum atomic E-state index is 0.0350. The molecule has 0 bridgehead atoms. The topological polar surface area (TPSA) is 58.4 Å². The van der Waals surface area contributed by atoms with Crippen LogP contribution >= 0.6 is 27.7 Å². The lowest BCUT2D eigenvalue weighted by atomic mass is 10.3. The Morgan fingerprint density at radius 1 is 1.53 bits per heavy atom. The lowest BCUT2D eigenvalue weighted by molar-refractivity contribution is 0.220. The Labute approximate surface area is 113 Å². The van der Waals surface area contributed by atoms with E-state index >= 15 is 0 Å². The van der Waals surface area contributed by atoms with E-state index in [-0.39, 0.29) is 6.03 Å². The van der Waals surface area contributed by atoms with Crippen molar-refractivity contribution >= 4 is 39.4 Å². The SMILES string of the molecule is Nc1ccc(Br)cc1SCCN1CCNC1=O. The van der Waals surface area contributed by atoms with Crippen LogP contribution in [0, 0.1) is 0 Å². The molecule has 1 aromatic rings. The molecular formula is C11H14BrN3OS. The molecule has 2 rings (SSSR count). The maximum absolute atomic E-state index is 11.3. The summed E-state index contributed by atoms with van der Waals surface area (Å²) in [7, 11) is 0. The molecule has 0 aromatic heterocycles. The van der Waals surface area contributed by atoms with E-state index in [1.165, 1.54) is 0 Å². The van der Waals surface area contributed by atoms with Crippen LogP contribution in [0.3, 0.4) is 0 Å². The Bertz CT molecular complexity index is 427. The van der Waals surface area contributed by atoms with Gasteiger partial charge in [-0.2, -0.15) is 0 Å². The van der Waals surface area contributed by atoms with Crippen molar-refractivity contribution in [1.82, 2.24) is 10.2 Å². The van der Waals surface area contributed by atoms with Crippen molar-refractivity contribution in [2.75, 3.05) is 31.1 Å². The first-order valence-corrected chi connectivity index (χ1v) is 7.15. The third-order valence-corrected chi connectivity index (χ3v) is 4.08. The molecule has 6 heteroatoms. The molecule has 1 aliphatic rings. The quantitative estimate of drug-likeness (QED) is 0.661. The largest absolute Gasteiger partial charge is 0.398 e. The minimum Gasteiger partial charge on any atom is -0.398 e. The average Bonchev–Trinajstić information content (AvgIpc) is 2.70. The summed E-state index contributed by atoms with van der Waals surface area (Å²) in [6.07, 6.45) is 0. The fraction of sp³-hybridized carbons (Fsp3) is 0.364. The number of hydrogen-bond donors (Lipinski definition) is 2. The lowest BCUT2D eigenvalue weighted by Gasteiger charge is -2.13. The Hall–Kier alpha value is -0.880. The standard InChI is InChI=1S/C11H14BrN3OS/c12-8-1-2-9(13)10(7-8)17-6-5-15-4-3-14-11(15)16/h1-2,7H,3-6,13H2,(H,14,16). The summed E-state index contributed by atoms with van der Waals surface area (Å²) in [5, 5.41) is 2.78. The minimum absolute atomic E-state index is 0.0350. The van der Waals surface area contributed by atoms with Crippen LogP contribution in [0.4, 0.5) is 10.5 Å². The molecule has 1 fully saturated rings. The Kier molecular flexibility index (Phi) is 4.17. The highest BCUT2D eigenvalue weighted by Gasteiger charge is 2.18. The highest BCUT2D eigenvalue weighted by molar-refractivity contribution is 9.10. The average molecular weight is 316 g/mol. The zero-order valence-electron chi connectivity index (χ0n) is 9.28. The van der Waals surface area contributed by atoms with Gasteiger partial charge in [-0.05, 0) is 18.2 Å². The number of hydrogen-bond acceptors (Lipinski definition) is 3. The van der Waals surface area contributed by atoms with Crippen molar-refractivity contribution < 1.29 is 4.79 Å². The number of nitrogens with one attached hydrogen (secondary N) is 1. The number of benzene rings is 1. The zero-order chi connectivity index (χ0) is 12.3. The number of nitrogens with two attached hydrogens (primary N) is 1. The molecule has 17 heavy (non-hydrogen) atoms. The normalized spacial score (nSPS) is 15.1. The highest BCUT2D eigenvalue weighted by Crippen LogP contribution is 2.28. The molecule has 0 atom stereocenters. The van der Waals surface area contributed by atoms with Crippen LogP contribution in [0.2, 0.25) is 0 Å². The van der Waals surface area contributed by atoms with Crippen LogP contribution in [0.5, 0.6) is 0 Å².